The number of thiophene rings is 1. The second-order valence-electron chi connectivity index (χ2n) is 5.80. The Morgan fingerprint density at radius 2 is 1.71 bits per heavy atom. The highest BCUT2D eigenvalue weighted by Gasteiger charge is 2.42. The molecule has 6 heteroatoms. The van der Waals surface area contributed by atoms with Crippen molar-refractivity contribution in [2.45, 2.75) is 31.3 Å². The lowest BCUT2D eigenvalue weighted by Crippen LogP contribution is -2.55. The highest BCUT2D eigenvalue weighted by Crippen LogP contribution is 2.31. The lowest BCUT2D eigenvalue weighted by Gasteiger charge is -2.37. The molecule has 1 saturated heterocycles. The molecule has 2 aliphatic rings. The van der Waals surface area contributed by atoms with Crippen LogP contribution in [0.15, 0.2) is 17.5 Å². The van der Waals surface area contributed by atoms with Crippen LogP contribution in [0.25, 0.3) is 0 Å². The normalized spacial score (nSPS) is 21.6. The highest BCUT2D eigenvalue weighted by molar-refractivity contribution is 7.12. The third kappa shape index (κ3) is 2.82. The van der Waals surface area contributed by atoms with Crippen molar-refractivity contribution in [3.63, 3.8) is 0 Å². The van der Waals surface area contributed by atoms with Crippen LogP contribution in [-0.2, 0) is 4.79 Å². The van der Waals surface area contributed by atoms with Gasteiger partial charge in [-0.15, -0.1) is 11.3 Å². The molecule has 0 bridgehead atoms. The maximum Gasteiger partial charge on any atom is 0.264 e. The molecule has 2 fully saturated rings. The molecule has 1 aromatic rings. The number of aliphatic hydroxyl groups is 1. The first-order valence-electron chi connectivity index (χ1n) is 7.45. The lowest BCUT2D eigenvalue weighted by molar-refractivity contribution is -0.152. The van der Waals surface area contributed by atoms with Gasteiger partial charge < -0.3 is 14.9 Å². The molecule has 21 heavy (non-hydrogen) atoms. The Morgan fingerprint density at radius 3 is 2.29 bits per heavy atom. The summed E-state index contributed by atoms with van der Waals surface area (Å²) in [5.41, 5.74) is -1.15. The van der Waals surface area contributed by atoms with Gasteiger partial charge in [0.1, 0.15) is 5.60 Å². The van der Waals surface area contributed by atoms with Crippen molar-refractivity contribution in [3.8, 4) is 0 Å². The molecule has 0 aromatic carbocycles. The molecule has 1 aliphatic heterocycles. The minimum atomic E-state index is -1.15. The Bertz CT molecular complexity index is 515. The van der Waals surface area contributed by atoms with Crippen LogP contribution >= 0.6 is 11.3 Å². The zero-order chi connectivity index (χ0) is 14.9. The van der Waals surface area contributed by atoms with Gasteiger partial charge in [-0.25, -0.2) is 0 Å². The molecule has 0 unspecified atom stereocenters. The Labute approximate surface area is 128 Å². The minimum absolute atomic E-state index is 0.0386. The first-order chi connectivity index (χ1) is 10.1. The topological polar surface area (TPSA) is 60.9 Å². The Balaban J connectivity index is 1.58. The van der Waals surface area contributed by atoms with E-state index in [0.717, 1.165) is 17.7 Å². The number of carbonyl (C=O) groups is 2. The summed E-state index contributed by atoms with van der Waals surface area (Å²) in [7, 11) is 0. The van der Waals surface area contributed by atoms with E-state index < -0.39 is 5.60 Å². The second-order valence-corrected chi connectivity index (χ2v) is 6.75. The first-order valence-corrected chi connectivity index (χ1v) is 8.33. The van der Waals surface area contributed by atoms with Crippen molar-refractivity contribution >= 4 is 23.2 Å². The molecular weight excluding hydrogens is 288 g/mol. The number of carbonyl (C=O) groups excluding carboxylic acids is 2. The monoisotopic (exact) mass is 308 g/mol. The SMILES string of the molecule is O=C(c1cccs1)N1CCN(C(=O)C2(O)CCCC2)CC1. The van der Waals surface area contributed by atoms with E-state index in [1.165, 1.54) is 11.3 Å². The fourth-order valence-electron chi connectivity index (χ4n) is 3.14. The molecule has 1 N–H and O–H groups in total. The summed E-state index contributed by atoms with van der Waals surface area (Å²) in [6.07, 6.45) is 2.97. The van der Waals surface area contributed by atoms with Crippen LogP contribution < -0.4 is 0 Å². The molecule has 0 spiro atoms. The van der Waals surface area contributed by atoms with E-state index in [-0.39, 0.29) is 11.8 Å². The summed E-state index contributed by atoms with van der Waals surface area (Å²) < 4.78 is 0. The predicted octanol–water partition coefficient (Wildman–Crippen LogP) is 1.34. The smallest absolute Gasteiger partial charge is 0.264 e. The van der Waals surface area contributed by atoms with Crippen molar-refractivity contribution in [1.29, 1.82) is 0 Å². The molecule has 2 heterocycles. The van der Waals surface area contributed by atoms with Crippen LogP contribution in [0, 0.1) is 0 Å². The fraction of sp³-hybridized carbons (Fsp3) is 0.600. The standard InChI is InChI=1S/C15H20N2O3S/c18-13(12-4-3-11-21-12)16-7-9-17(10-8-16)14(19)15(20)5-1-2-6-15/h3-4,11,20H,1-2,5-10H2. The van der Waals surface area contributed by atoms with Crippen molar-refractivity contribution in [2.24, 2.45) is 0 Å². The van der Waals surface area contributed by atoms with E-state index in [1.807, 2.05) is 17.5 Å². The Kier molecular flexibility index (Phi) is 3.99. The summed E-state index contributed by atoms with van der Waals surface area (Å²) in [4.78, 5) is 28.9. The zero-order valence-corrected chi connectivity index (χ0v) is 12.8. The van der Waals surface area contributed by atoms with E-state index in [2.05, 4.69) is 0 Å². The minimum Gasteiger partial charge on any atom is -0.380 e. The summed E-state index contributed by atoms with van der Waals surface area (Å²) in [5, 5.41) is 12.3. The van der Waals surface area contributed by atoms with Crippen molar-refractivity contribution in [2.75, 3.05) is 26.2 Å². The van der Waals surface area contributed by atoms with E-state index in [1.54, 1.807) is 9.80 Å². The number of hydrogen-bond donors (Lipinski definition) is 1. The van der Waals surface area contributed by atoms with Gasteiger partial charge in [-0.05, 0) is 37.1 Å². The largest absolute Gasteiger partial charge is 0.380 e. The van der Waals surface area contributed by atoms with Gasteiger partial charge in [0.15, 0.2) is 0 Å². The van der Waals surface area contributed by atoms with Crippen LogP contribution in [0.1, 0.15) is 35.4 Å². The highest BCUT2D eigenvalue weighted by atomic mass is 32.1. The van der Waals surface area contributed by atoms with Gasteiger partial charge in [0.25, 0.3) is 11.8 Å². The first kappa shape index (κ1) is 14.5. The number of piperazine rings is 1. The summed E-state index contributed by atoms with van der Waals surface area (Å²) in [5.74, 6) is -0.111. The molecule has 1 aromatic heterocycles. The van der Waals surface area contributed by atoms with Crippen LogP contribution in [-0.4, -0.2) is 58.5 Å². The molecule has 1 saturated carbocycles. The van der Waals surface area contributed by atoms with Gasteiger partial charge in [-0.1, -0.05) is 6.07 Å². The van der Waals surface area contributed by atoms with Gasteiger partial charge >= 0.3 is 0 Å². The van der Waals surface area contributed by atoms with E-state index >= 15 is 0 Å². The van der Waals surface area contributed by atoms with Crippen molar-refractivity contribution in [3.05, 3.63) is 22.4 Å². The Morgan fingerprint density at radius 1 is 1.10 bits per heavy atom. The van der Waals surface area contributed by atoms with Crippen LogP contribution in [0.3, 0.4) is 0 Å². The van der Waals surface area contributed by atoms with Gasteiger partial charge in [0.05, 0.1) is 4.88 Å². The number of nitrogens with zero attached hydrogens (tertiary/aromatic N) is 2. The average molecular weight is 308 g/mol. The molecule has 114 valence electrons. The van der Waals surface area contributed by atoms with Crippen LogP contribution in [0.2, 0.25) is 0 Å². The maximum atomic E-state index is 12.4. The van der Waals surface area contributed by atoms with Gasteiger partial charge in [-0.2, -0.15) is 0 Å². The fourth-order valence-corrected chi connectivity index (χ4v) is 3.83. The van der Waals surface area contributed by atoms with Gasteiger partial charge in [0, 0.05) is 26.2 Å². The molecule has 5 nitrogen and oxygen atoms in total. The summed E-state index contributed by atoms with van der Waals surface area (Å²) >= 11 is 1.44. The van der Waals surface area contributed by atoms with Crippen molar-refractivity contribution < 1.29 is 14.7 Å². The van der Waals surface area contributed by atoms with E-state index in [9.17, 15) is 14.7 Å². The van der Waals surface area contributed by atoms with Crippen molar-refractivity contribution in [1.82, 2.24) is 9.80 Å². The third-order valence-electron chi connectivity index (χ3n) is 4.41. The molecule has 2 amide bonds. The predicted molar refractivity (Wildman–Crippen MR) is 80.2 cm³/mol. The number of amides is 2. The number of hydrogen-bond acceptors (Lipinski definition) is 4. The molecule has 1 aliphatic carbocycles. The quantitative estimate of drug-likeness (QED) is 0.897. The van der Waals surface area contributed by atoms with Crippen LogP contribution in [0.4, 0.5) is 0 Å². The lowest BCUT2D eigenvalue weighted by atomic mass is 10.00. The summed E-state index contributed by atoms with van der Waals surface area (Å²) in [6, 6.07) is 3.69. The summed E-state index contributed by atoms with van der Waals surface area (Å²) in [6.45, 7) is 2.10. The molecule has 3 rings (SSSR count). The van der Waals surface area contributed by atoms with E-state index in [4.69, 9.17) is 0 Å². The second kappa shape index (κ2) is 5.77. The molecule has 0 radical (unpaired) electrons. The molecular formula is C15H20N2O3S. The number of rotatable bonds is 2. The molecule has 0 atom stereocenters. The maximum absolute atomic E-state index is 12.4. The zero-order valence-electron chi connectivity index (χ0n) is 12.0. The average Bonchev–Trinajstić information content (AvgIpc) is 3.18. The van der Waals surface area contributed by atoms with E-state index in [0.29, 0.717) is 39.0 Å². The van der Waals surface area contributed by atoms with Gasteiger partial charge in [0.2, 0.25) is 0 Å². The Hall–Kier alpha value is -1.40. The van der Waals surface area contributed by atoms with Gasteiger partial charge in [-0.3, -0.25) is 9.59 Å². The third-order valence-corrected chi connectivity index (χ3v) is 5.27. The van der Waals surface area contributed by atoms with Crippen LogP contribution in [0.5, 0.6) is 0 Å².